The van der Waals surface area contributed by atoms with Crippen LogP contribution in [0.2, 0.25) is 0 Å². The van der Waals surface area contributed by atoms with Gasteiger partial charge in [-0.15, -0.1) is 0 Å². The fourth-order valence-corrected chi connectivity index (χ4v) is 1.81. The molecular formula is C13H19N3O2. The van der Waals surface area contributed by atoms with Crippen LogP contribution < -0.4 is 16.8 Å². The topological polar surface area (TPSA) is 84.0 Å². The normalized spacial score (nSPS) is 13.0. The molecule has 1 aromatic carbocycles. The predicted octanol–water partition coefficient (Wildman–Crippen LogP) is 1.20. The maximum atomic E-state index is 11.0. The van der Waals surface area contributed by atoms with E-state index in [0.29, 0.717) is 11.5 Å². The molecule has 0 aliphatic rings. The fraction of sp³-hybridized carbons (Fsp3) is 0.462. The number of oxazole rings is 1. The standard InChI is InChI=1S/C13H19N3O2/c1-9(7-14)4-5-15-8-10-2-3-12-11(6-10)16-13(17)18-12/h2-3,6,9,15H,4-5,7-8,14H2,1H3,(H,16,17). The summed E-state index contributed by atoms with van der Waals surface area (Å²) in [4.78, 5) is 13.7. The smallest absolute Gasteiger partial charge is 0.408 e. The molecule has 2 aromatic rings. The number of aromatic amines is 1. The van der Waals surface area contributed by atoms with Crippen molar-refractivity contribution in [3.63, 3.8) is 0 Å². The van der Waals surface area contributed by atoms with E-state index in [2.05, 4.69) is 17.2 Å². The Morgan fingerprint density at radius 2 is 2.33 bits per heavy atom. The van der Waals surface area contributed by atoms with Crippen LogP contribution in [0.4, 0.5) is 0 Å². The molecule has 0 aliphatic heterocycles. The molecule has 98 valence electrons. The molecule has 0 spiro atoms. The van der Waals surface area contributed by atoms with Gasteiger partial charge in [-0.2, -0.15) is 0 Å². The monoisotopic (exact) mass is 249 g/mol. The minimum absolute atomic E-state index is 0.410. The van der Waals surface area contributed by atoms with Gasteiger partial charge in [-0.1, -0.05) is 13.0 Å². The lowest BCUT2D eigenvalue weighted by molar-refractivity contribution is 0.509. The van der Waals surface area contributed by atoms with E-state index in [1.165, 1.54) is 0 Å². The van der Waals surface area contributed by atoms with Crippen LogP contribution >= 0.6 is 0 Å². The zero-order chi connectivity index (χ0) is 13.0. The average Bonchev–Trinajstić information content (AvgIpc) is 2.73. The second-order valence-electron chi connectivity index (χ2n) is 4.65. The maximum Gasteiger partial charge on any atom is 0.417 e. The van der Waals surface area contributed by atoms with E-state index >= 15 is 0 Å². The molecule has 0 saturated heterocycles. The number of aromatic nitrogens is 1. The van der Waals surface area contributed by atoms with Crippen LogP contribution in [0.5, 0.6) is 0 Å². The molecule has 5 heteroatoms. The Hall–Kier alpha value is -1.59. The first-order valence-corrected chi connectivity index (χ1v) is 6.21. The highest BCUT2D eigenvalue weighted by atomic mass is 16.4. The van der Waals surface area contributed by atoms with Crippen molar-refractivity contribution in [2.24, 2.45) is 11.7 Å². The quantitative estimate of drug-likeness (QED) is 0.671. The van der Waals surface area contributed by atoms with Gasteiger partial charge in [0.2, 0.25) is 0 Å². The Bertz CT molecular complexity index is 559. The number of hydrogen-bond donors (Lipinski definition) is 3. The first-order chi connectivity index (χ1) is 8.69. The second-order valence-corrected chi connectivity index (χ2v) is 4.65. The van der Waals surface area contributed by atoms with Crippen LogP contribution in [0, 0.1) is 5.92 Å². The minimum Gasteiger partial charge on any atom is -0.408 e. The molecule has 1 unspecified atom stereocenters. The molecule has 0 fully saturated rings. The van der Waals surface area contributed by atoms with Gasteiger partial charge in [-0.3, -0.25) is 4.98 Å². The summed E-state index contributed by atoms with van der Waals surface area (Å²) < 4.78 is 4.95. The predicted molar refractivity (Wildman–Crippen MR) is 71.4 cm³/mol. The van der Waals surface area contributed by atoms with Crippen LogP contribution in [0.15, 0.2) is 27.4 Å². The molecule has 1 atom stereocenters. The molecule has 18 heavy (non-hydrogen) atoms. The zero-order valence-electron chi connectivity index (χ0n) is 10.5. The van der Waals surface area contributed by atoms with Gasteiger partial charge < -0.3 is 15.5 Å². The lowest BCUT2D eigenvalue weighted by Gasteiger charge is -2.09. The Balaban J connectivity index is 1.89. The molecule has 4 N–H and O–H groups in total. The third kappa shape index (κ3) is 3.21. The van der Waals surface area contributed by atoms with Crippen molar-refractivity contribution in [3.05, 3.63) is 34.3 Å². The summed E-state index contributed by atoms with van der Waals surface area (Å²) in [6.07, 6.45) is 1.07. The first-order valence-electron chi connectivity index (χ1n) is 6.21. The number of benzene rings is 1. The molecule has 5 nitrogen and oxygen atoms in total. The van der Waals surface area contributed by atoms with E-state index in [1.807, 2.05) is 18.2 Å². The van der Waals surface area contributed by atoms with Crippen molar-refractivity contribution < 1.29 is 4.42 Å². The second kappa shape index (κ2) is 5.84. The van der Waals surface area contributed by atoms with Crippen molar-refractivity contribution in [3.8, 4) is 0 Å². The van der Waals surface area contributed by atoms with E-state index in [9.17, 15) is 4.79 Å². The van der Waals surface area contributed by atoms with E-state index in [0.717, 1.165) is 37.1 Å². The van der Waals surface area contributed by atoms with Crippen LogP contribution in [0.1, 0.15) is 18.9 Å². The van der Waals surface area contributed by atoms with Gasteiger partial charge in [0.1, 0.15) is 0 Å². The summed E-state index contributed by atoms with van der Waals surface area (Å²) in [5, 5.41) is 3.36. The SMILES string of the molecule is CC(CN)CCNCc1ccc2oc(=O)[nH]c2c1. The average molecular weight is 249 g/mol. The highest BCUT2D eigenvalue weighted by Gasteiger charge is 2.02. The van der Waals surface area contributed by atoms with Gasteiger partial charge >= 0.3 is 5.76 Å². The Morgan fingerprint density at radius 3 is 3.11 bits per heavy atom. The number of nitrogens with one attached hydrogen (secondary N) is 2. The van der Waals surface area contributed by atoms with Crippen LogP contribution in [-0.4, -0.2) is 18.1 Å². The van der Waals surface area contributed by atoms with Gasteiger partial charge in [0.15, 0.2) is 5.58 Å². The summed E-state index contributed by atoms with van der Waals surface area (Å²) in [6.45, 7) is 4.59. The van der Waals surface area contributed by atoms with Crippen LogP contribution in [-0.2, 0) is 6.54 Å². The highest BCUT2D eigenvalue weighted by Crippen LogP contribution is 2.12. The van der Waals surface area contributed by atoms with Crippen molar-refractivity contribution in [2.75, 3.05) is 13.1 Å². The third-order valence-corrected chi connectivity index (χ3v) is 3.03. The number of fused-ring (bicyclic) bond motifs is 1. The number of rotatable bonds is 6. The summed E-state index contributed by atoms with van der Waals surface area (Å²) in [5.74, 6) is 0.136. The lowest BCUT2D eigenvalue weighted by atomic mass is 10.1. The molecule has 0 aliphatic carbocycles. The van der Waals surface area contributed by atoms with Crippen LogP contribution in [0.3, 0.4) is 0 Å². The number of nitrogens with two attached hydrogens (primary N) is 1. The summed E-state index contributed by atoms with van der Waals surface area (Å²) >= 11 is 0. The summed E-state index contributed by atoms with van der Waals surface area (Å²) in [5.41, 5.74) is 8.03. The third-order valence-electron chi connectivity index (χ3n) is 3.03. The van der Waals surface area contributed by atoms with Gasteiger partial charge in [0, 0.05) is 6.54 Å². The van der Waals surface area contributed by atoms with Gasteiger partial charge in [0.05, 0.1) is 5.52 Å². The highest BCUT2D eigenvalue weighted by molar-refractivity contribution is 5.72. The van der Waals surface area contributed by atoms with Gasteiger partial charge in [-0.05, 0) is 43.1 Å². The van der Waals surface area contributed by atoms with E-state index in [-0.39, 0.29) is 0 Å². The lowest BCUT2D eigenvalue weighted by Crippen LogP contribution is -2.20. The number of hydrogen-bond acceptors (Lipinski definition) is 4. The van der Waals surface area contributed by atoms with E-state index < -0.39 is 5.76 Å². The molecule has 0 bridgehead atoms. The van der Waals surface area contributed by atoms with Gasteiger partial charge in [0.25, 0.3) is 0 Å². The largest absolute Gasteiger partial charge is 0.417 e. The van der Waals surface area contributed by atoms with Gasteiger partial charge in [-0.25, -0.2) is 4.79 Å². The maximum absolute atomic E-state index is 11.0. The minimum atomic E-state index is -0.410. The molecule has 1 heterocycles. The zero-order valence-corrected chi connectivity index (χ0v) is 10.5. The Morgan fingerprint density at radius 1 is 1.50 bits per heavy atom. The summed E-state index contributed by atoms with van der Waals surface area (Å²) in [7, 11) is 0. The molecule has 1 aromatic heterocycles. The molecule has 0 amide bonds. The molecule has 2 rings (SSSR count). The molecule has 0 saturated carbocycles. The van der Waals surface area contributed by atoms with Crippen molar-refractivity contribution in [1.29, 1.82) is 0 Å². The first kappa shape index (κ1) is 12.9. The number of H-pyrrole nitrogens is 1. The van der Waals surface area contributed by atoms with Crippen molar-refractivity contribution in [2.45, 2.75) is 19.9 Å². The van der Waals surface area contributed by atoms with E-state index in [1.54, 1.807) is 0 Å². The summed E-state index contributed by atoms with van der Waals surface area (Å²) in [6, 6.07) is 5.70. The molecule has 0 radical (unpaired) electrons. The van der Waals surface area contributed by atoms with Crippen molar-refractivity contribution >= 4 is 11.1 Å². The Kier molecular flexibility index (Phi) is 4.17. The van der Waals surface area contributed by atoms with Crippen LogP contribution in [0.25, 0.3) is 11.1 Å². The molecular weight excluding hydrogens is 230 g/mol. The fourth-order valence-electron chi connectivity index (χ4n) is 1.81. The van der Waals surface area contributed by atoms with Crippen molar-refractivity contribution in [1.82, 2.24) is 10.3 Å². The van der Waals surface area contributed by atoms with E-state index in [4.69, 9.17) is 10.2 Å². The Labute approximate surface area is 105 Å².